The van der Waals surface area contributed by atoms with E-state index in [4.69, 9.17) is 16.0 Å². The number of nitrogens with one attached hydrogen (secondary N) is 1. The van der Waals surface area contributed by atoms with Crippen LogP contribution in [0.25, 0.3) is 6.08 Å². The highest BCUT2D eigenvalue weighted by molar-refractivity contribution is 6.33. The van der Waals surface area contributed by atoms with Crippen LogP contribution < -0.4 is 5.32 Å². The number of carbonyl (C=O) groups is 2. The van der Waals surface area contributed by atoms with E-state index in [0.29, 0.717) is 54.5 Å². The Balaban J connectivity index is 1.22. The summed E-state index contributed by atoms with van der Waals surface area (Å²) in [5.74, 6) is 2.81. The average molecular weight is 428 g/mol. The van der Waals surface area contributed by atoms with Crippen LogP contribution in [0.5, 0.6) is 0 Å². The third kappa shape index (κ3) is 5.12. The summed E-state index contributed by atoms with van der Waals surface area (Å²) in [6, 6.07) is 11.1. The maximum absolute atomic E-state index is 12.5. The van der Waals surface area contributed by atoms with Crippen molar-refractivity contribution in [2.45, 2.75) is 19.3 Å². The van der Waals surface area contributed by atoms with Gasteiger partial charge >= 0.3 is 0 Å². The van der Waals surface area contributed by atoms with E-state index in [1.807, 2.05) is 29.2 Å². The maximum atomic E-state index is 12.5. The molecule has 2 heterocycles. The Morgan fingerprint density at radius 1 is 1.17 bits per heavy atom. The van der Waals surface area contributed by atoms with Crippen LogP contribution in [0.3, 0.4) is 0 Å². The number of nitrogens with zero attached hydrogens (tertiary/aromatic N) is 2. The minimum Gasteiger partial charge on any atom is -0.461 e. The molecule has 0 bridgehead atoms. The fourth-order valence-electron chi connectivity index (χ4n) is 3.72. The van der Waals surface area contributed by atoms with Gasteiger partial charge in [0, 0.05) is 38.2 Å². The molecule has 6 nitrogen and oxygen atoms in total. The second-order valence-electron chi connectivity index (χ2n) is 8.02. The highest BCUT2D eigenvalue weighted by Gasteiger charge is 2.36. The fourth-order valence-corrected chi connectivity index (χ4v) is 3.90. The SMILES string of the molecule is CC1CC1c1ccc(/C=C/C(=O)N2CCN(CC(=O)Nc3ccccc3Cl)CC2)o1. The van der Waals surface area contributed by atoms with Gasteiger partial charge in [-0.25, -0.2) is 0 Å². The number of carbonyl (C=O) groups excluding carboxylic acids is 2. The van der Waals surface area contributed by atoms with Crippen LogP contribution in [0.4, 0.5) is 5.69 Å². The summed E-state index contributed by atoms with van der Waals surface area (Å²) in [6.07, 6.45) is 4.48. The topological polar surface area (TPSA) is 65.8 Å². The number of furan rings is 1. The van der Waals surface area contributed by atoms with Crippen molar-refractivity contribution in [3.63, 3.8) is 0 Å². The molecule has 7 heteroatoms. The van der Waals surface area contributed by atoms with E-state index in [2.05, 4.69) is 12.2 Å². The quantitative estimate of drug-likeness (QED) is 0.711. The lowest BCUT2D eigenvalue weighted by molar-refractivity contribution is -0.127. The highest BCUT2D eigenvalue weighted by Crippen LogP contribution is 2.47. The third-order valence-corrected chi connectivity index (χ3v) is 6.04. The largest absolute Gasteiger partial charge is 0.461 e. The Hall–Kier alpha value is -2.57. The number of para-hydroxylation sites is 1. The smallest absolute Gasteiger partial charge is 0.246 e. The van der Waals surface area contributed by atoms with Crippen molar-refractivity contribution in [1.29, 1.82) is 0 Å². The van der Waals surface area contributed by atoms with Gasteiger partial charge in [0.1, 0.15) is 11.5 Å². The lowest BCUT2D eigenvalue weighted by Gasteiger charge is -2.33. The van der Waals surface area contributed by atoms with E-state index in [9.17, 15) is 9.59 Å². The van der Waals surface area contributed by atoms with Gasteiger partial charge in [-0.05, 0) is 42.7 Å². The lowest BCUT2D eigenvalue weighted by Crippen LogP contribution is -2.50. The predicted octanol–water partition coefficient (Wildman–Crippen LogP) is 3.85. The molecule has 30 heavy (non-hydrogen) atoms. The summed E-state index contributed by atoms with van der Waals surface area (Å²) in [5, 5.41) is 3.35. The maximum Gasteiger partial charge on any atom is 0.246 e. The van der Waals surface area contributed by atoms with E-state index < -0.39 is 0 Å². The Kier molecular flexibility index (Phi) is 6.25. The van der Waals surface area contributed by atoms with Gasteiger partial charge in [0.25, 0.3) is 0 Å². The van der Waals surface area contributed by atoms with E-state index in [1.54, 1.807) is 29.2 Å². The summed E-state index contributed by atoms with van der Waals surface area (Å²) >= 11 is 6.08. The molecular formula is C23H26ClN3O3. The highest BCUT2D eigenvalue weighted by atomic mass is 35.5. The summed E-state index contributed by atoms with van der Waals surface area (Å²) in [4.78, 5) is 28.6. The normalized spacial score (nSPS) is 21.7. The molecule has 0 radical (unpaired) electrons. The van der Waals surface area contributed by atoms with Gasteiger partial charge in [0.05, 0.1) is 17.3 Å². The van der Waals surface area contributed by atoms with Gasteiger partial charge in [0.2, 0.25) is 11.8 Å². The molecule has 2 atom stereocenters. The van der Waals surface area contributed by atoms with Gasteiger partial charge in [-0.15, -0.1) is 0 Å². The number of rotatable bonds is 6. The van der Waals surface area contributed by atoms with Crippen molar-refractivity contribution in [3.8, 4) is 0 Å². The summed E-state index contributed by atoms with van der Waals surface area (Å²) in [7, 11) is 0. The number of benzene rings is 1. The Morgan fingerprint density at radius 2 is 1.90 bits per heavy atom. The van der Waals surface area contributed by atoms with E-state index in [-0.39, 0.29) is 18.4 Å². The average Bonchev–Trinajstić information content (AvgIpc) is 3.28. The zero-order valence-electron chi connectivity index (χ0n) is 17.0. The predicted molar refractivity (Wildman–Crippen MR) is 117 cm³/mol. The number of hydrogen-bond acceptors (Lipinski definition) is 4. The number of halogens is 1. The molecule has 1 N–H and O–H groups in total. The number of piperazine rings is 1. The van der Waals surface area contributed by atoms with Crippen LogP contribution in [0.2, 0.25) is 5.02 Å². The van der Waals surface area contributed by atoms with Crippen LogP contribution in [0.15, 0.2) is 46.9 Å². The molecule has 2 unspecified atom stereocenters. The van der Waals surface area contributed by atoms with Crippen LogP contribution in [0, 0.1) is 5.92 Å². The number of anilines is 1. The molecule has 4 rings (SSSR count). The Bertz CT molecular complexity index is 947. The summed E-state index contributed by atoms with van der Waals surface area (Å²) in [6.45, 7) is 4.97. The zero-order chi connectivity index (χ0) is 21.1. The van der Waals surface area contributed by atoms with Gasteiger partial charge in [-0.3, -0.25) is 14.5 Å². The molecule has 2 amide bonds. The van der Waals surface area contributed by atoms with Crippen LogP contribution in [-0.4, -0.2) is 54.3 Å². The monoisotopic (exact) mass is 427 g/mol. The molecule has 1 aliphatic carbocycles. The molecule has 1 aliphatic heterocycles. The van der Waals surface area contributed by atoms with E-state index >= 15 is 0 Å². The second kappa shape index (κ2) is 9.06. The van der Waals surface area contributed by atoms with E-state index in [1.165, 1.54) is 6.42 Å². The first-order chi connectivity index (χ1) is 14.5. The van der Waals surface area contributed by atoms with Crippen LogP contribution in [0.1, 0.15) is 30.8 Å². The molecule has 0 spiro atoms. The molecule has 1 aromatic heterocycles. The first-order valence-corrected chi connectivity index (χ1v) is 10.7. The Morgan fingerprint density at radius 3 is 2.60 bits per heavy atom. The zero-order valence-corrected chi connectivity index (χ0v) is 17.8. The molecule has 1 saturated heterocycles. The fraction of sp³-hybridized carbons (Fsp3) is 0.391. The first-order valence-electron chi connectivity index (χ1n) is 10.3. The lowest BCUT2D eigenvalue weighted by atomic mass is 10.2. The van der Waals surface area contributed by atoms with Crippen molar-refractivity contribution in [1.82, 2.24) is 9.80 Å². The number of hydrogen-bond donors (Lipinski definition) is 1. The number of amides is 2. The minimum atomic E-state index is -0.110. The summed E-state index contributed by atoms with van der Waals surface area (Å²) < 4.78 is 5.81. The van der Waals surface area contributed by atoms with Gasteiger partial charge in [0.15, 0.2) is 0 Å². The van der Waals surface area contributed by atoms with Crippen molar-refractivity contribution in [2.75, 3.05) is 38.0 Å². The molecule has 158 valence electrons. The van der Waals surface area contributed by atoms with Crippen LogP contribution >= 0.6 is 11.6 Å². The van der Waals surface area contributed by atoms with Gasteiger partial charge in [-0.1, -0.05) is 30.7 Å². The van der Waals surface area contributed by atoms with Crippen molar-refractivity contribution in [3.05, 3.63) is 59.0 Å². The third-order valence-electron chi connectivity index (χ3n) is 5.71. The van der Waals surface area contributed by atoms with Crippen molar-refractivity contribution < 1.29 is 14.0 Å². The van der Waals surface area contributed by atoms with Crippen molar-refractivity contribution in [2.24, 2.45) is 5.92 Å². The minimum absolute atomic E-state index is 0.0343. The standard InChI is InChI=1S/C23H26ClN3O3/c1-16-14-18(16)21-8-6-17(30-21)7-9-23(29)27-12-10-26(11-13-27)15-22(28)25-20-5-3-2-4-19(20)24/h2-9,16,18H,10-15H2,1H3,(H,25,28)/b9-7+. The molecule has 1 aromatic carbocycles. The Labute approximate surface area is 181 Å². The van der Waals surface area contributed by atoms with Crippen molar-refractivity contribution >= 4 is 35.2 Å². The van der Waals surface area contributed by atoms with Gasteiger partial charge in [-0.2, -0.15) is 0 Å². The molecule has 2 fully saturated rings. The molecular weight excluding hydrogens is 402 g/mol. The second-order valence-corrected chi connectivity index (χ2v) is 8.43. The summed E-state index contributed by atoms with van der Waals surface area (Å²) in [5.41, 5.74) is 0.611. The first kappa shape index (κ1) is 20.7. The van der Waals surface area contributed by atoms with Gasteiger partial charge < -0.3 is 14.6 Å². The van der Waals surface area contributed by atoms with E-state index in [0.717, 1.165) is 5.76 Å². The molecule has 1 saturated carbocycles. The molecule has 2 aliphatic rings. The van der Waals surface area contributed by atoms with Crippen LogP contribution in [-0.2, 0) is 9.59 Å². The molecule has 2 aromatic rings.